The average molecular weight is 720 g/mol. The van der Waals surface area contributed by atoms with E-state index in [1.165, 1.54) is 59.1 Å². The number of carbonyl (C=O) groups excluding carboxylic acids is 5. The van der Waals surface area contributed by atoms with Crippen LogP contribution < -0.4 is 20.1 Å². The number of nitro benzene ring substituents is 1. The van der Waals surface area contributed by atoms with Gasteiger partial charge in [-0.15, -0.1) is 0 Å². The number of nitrogens with one attached hydrogen (secondary N) is 2. The van der Waals surface area contributed by atoms with Crippen LogP contribution in [0, 0.1) is 32.1 Å². The van der Waals surface area contributed by atoms with Gasteiger partial charge in [0.25, 0.3) is 17.5 Å². The Kier molecular flexibility index (Phi) is 11.5. The number of benzene rings is 2. The zero-order chi connectivity index (χ0) is 37.4. The molecule has 1 fully saturated rings. The molecule has 3 aromatic rings. The van der Waals surface area contributed by atoms with Gasteiger partial charge in [0.15, 0.2) is 5.69 Å². The molecular weight excluding hydrogens is 686 g/mol. The fourth-order valence-corrected chi connectivity index (χ4v) is 5.67. The highest BCUT2D eigenvalue weighted by Crippen LogP contribution is 2.31. The van der Waals surface area contributed by atoms with Crippen LogP contribution in [0.1, 0.15) is 36.9 Å². The number of nitrogens with zero attached hydrogens (tertiary/aromatic N) is 5. The average Bonchev–Trinajstić information content (AvgIpc) is 3.65. The third-order valence-corrected chi connectivity index (χ3v) is 8.50. The summed E-state index contributed by atoms with van der Waals surface area (Å²) in [6.07, 6.45) is 4.99. The van der Waals surface area contributed by atoms with Crippen LogP contribution in [-0.2, 0) is 44.2 Å². The lowest BCUT2D eigenvalue weighted by molar-refractivity contribution is -0.396. The Morgan fingerprint density at radius 2 is 1.63 bits per heavy atom. The van der Waals surface area contributed by atoms with Gasteiger partial charge in [0.05, 0.1) is 24.2 Å². The normalized spacial score (nSPS) is 16.7. The van der Waals surface area contributed by atoms with E-state index in [2.05, 4.69) is 15.6 Å². The van der Waals surface area contributed by atoms with Gasteiger partial charge in [0.2, 0.25) is 11.8 Å². The maximum absolute atomic E-state index is 13.0. The van der Waals surface area contributed by atoms with E-state index in [9.17, 15) is 44.2 Å². The fraction of sp³-hybridized carbons (Fsp3) is 0.333. The molecule has 19 nitrogen and oxygen atoms in total. The minimum absolute atomic E-state index is 0.0189. The summed E-state index contributed by atoms with van der Waals surface area (Å²) in [7, 11) is 1.45. The van der Waals surface area contributed by atoms with E-state index in [-0.39, 0.29) is 72.2 Å². The molecule has 2 N–H and O–H groups in total. The molecule has 0 radical (unpaired) electrons. The van der Waals surface area contributed by atoms with Crippen molar-refractivity contribution < 1.29 is 48.0 Å². The molecule has 1 saturated carbocycles. The maximum Gasteiger partial charge on any atom is 0.514 e. The van der Waals surface area contributed by atoms with Crippen molar-refractivity contribution in [3.8, 4) is 11.5 Å². The van der Waals surface area contributed by atoms with Crippen molar-refractivity contribution in [2.75, 3.05) is 18.4 Å². The molecule has 19 heteroatoms. The van der Waals surface area contributed by atoms with Gasteiger partial charge in [-0.2, -0.15) is 0 Å². The third-order valence-electron chi connectivity index (χ3n) is 8.50. The summed E-state index contributed by atoms with van der Waals surface area (Å²) < 4.78 is 17.3. The van der Waals surface area contributed by atoms with Crippen LogP contribution in [0.2, 0.25) is 0 Å². The number of imide groups is 1. The number of ether oxygens (including phenoxy) is 3. The van der Waals surface area contributed by atoms with Crippen molar-refractivity contribution in [3.63, 3.8) is 0 Å². The molecule has 2 heterocycles. The SMILES string of the molecule is Cn1c(COc2ccc(COC(=O)Oc3ccc([N+](=O)[O-])cc3)cc2NC(=O)CNC(=O)C2CCC(CN3C(=O)C=CC3=O)CC2)cnc1[N+](=O)[O-]. The Morgan fingerprint density at radius 1 is 0.942 bits per heavy atom. The summed E-state index contributed by atoms with van der Waals surface area (Å²) >= 11 is 0. The van der Waals surface area contributed by atoms with Crippen LogP contribution in [0.3, 0.4) is 0 Å². The van der Waals surface area contributed by atoms with E-state index in [0.717, 1.165) is 12.1 Å². The molecule has 1 aliphatic heterocycles. The first-order valence-electron chi connectivity index (χ1n) is 16.0. The van der Waals surface area contributed by atoms with Crippen molar-refractivity contribution in [3.05, 3.63) is 92.3 Å². The number of anilines is 1. The Morgan fingerprint density at radius 3 is 2.27 bits per heavy atom. The lowest BCUT2D eigenvalue weighted by atomic mass is 9.81. The second kappa shape index (κ2) is 16.4. The molecule has 0 saturated heterocycles. The number of imidazole rings is 1. The molecule has 0 spiro atoms. The Balaban J connectivity index is 1.17. The van der Waals surface area contributed by atoms with E-state index in [1.807, 2.05) is 0 Å². The minimum Gasteiger partial charge on any atom is -0.484 e. The van der Waals surface area contributed by atoms with E-state index >= 15 is 0 Å². The third kappa shape index (κ3) is 9.31. The molecule has 1 aliphatic carbocycles. The largest absolute Gasteiger partial charge is 0.514 e. The number of rotatable bonds is 14. The maximum atomic E-state index is 13.0. The summed E-state index contributed by atoms with van der Waals surface area (Å²) in [5.74, 6) is -2.08. The number of aromatic nitrogens is 2. The summed E-state index contributed by atoms with van der Waals surface area (Å²) in [6, 6.07) is 9.29. The predicted octanol–water partition coefficient (Wildman–Crippen LogP) is 3.32. The molecule has 0 bridgehead atoms. The molecule has 1 aromatic heterocycles. The number of carbonyl (C=O) groups is 5. The number of hydrogen-bond acceptors (Lipinski definition) is 13. The second-order valence-electron chi connectivity index (χ2n) is 12.0. The molecule has 0 atom stereocenters. The monoisotopic (exact) mass is 719 g/mol. The van der Waals surface area contributed by atoms with Crippen molar-refractivity contribution in [1.29, 1.82) is 0 Å². The number of non-ortho nitro benzene ring substituents is 1. The van der Waals surface area contributed by atoms with Crippen LogP contribution in [0.4, 0.5) is 22.1 Å². The van der Waals surface area contributed by atoms with Crippen molar-refractivity contribution in [1.82, 2.24) is 19.8 Å². The molecule has 2 aromatic carbocycles. The summed E-state index contributed by atoms with van der Waals surface area (Å²) in [5.41, 5.74) is 0.712. The topological polar surface area (TPSA) is 244 Å². The van der Waals surface area contributed by atoms with E-state index < -0.39 is 27.9 Å². The molecule has 0 unspecified atom stereocenters. The van der Waals surface area contributed by atoms with Crippen molar-refractivity contribution in [2.45, 2.75) is 38.9 Å². The molecular formula is C33H33N7O12. The summed E-state index contributed by atoms with van der Waals surface area (Å²) in [5, 5.41) is 27.3. The van der Waals surface area contributed by atoms with Gasteiger partial charge in [0, 0.05) is 36.7 Å². The van der Waals surface area contributed by atoms with Gasteiger partial charge in [-0.3, -0.25) is 34.2 Å². The van der Waals surface area contributed by atoms with Crippen LogP contribution >= 0.6 is 0 Å². The zero-order valence-corrected chi connectivity index (χ0v) is 27.7. The number of hydrogen-bond donors (Lipinski definition) is 2. The highest BCUT2D eigenvalue weighted by atomic mass is 16.7. The fourth-order valence-electron chi connectivity index (χ4n) is 5.67. The highest BCUT2D eigenvalue weighted by Gasteiger charge is 2.31. The first kappa shape index (κ1) is 36.6. The lowest BCUT2D eigenvalue weighted by Crippen LogP contribution is -2.40. The van der Waals surface area contributed by atoms with Crippen LogP contribution in [-0.4, -0.2) is 67.2 Å². The van der Waals surface area contributed by atoms with E-state index in [0.29, 0.717) is 43.5 Å². The molecule has 272 valence electrons. The smallest absolute Gasteiger partial charge is 0.484 e. The van der Waals surface area contributed by atoms with Gasteiger partial charge >= 0.3 is 12.1 Å². The van der Waals surface area contributed by atoms with E-state index in [4.69, 9.17) is 14.2 Å². The Bertz CT molecular complexity index is 1900. The number of amides is 4. The van der Waals surface area contributed by atoms with Crippen LogP contribution in [0.5, 0.6) is 11.5 Å². The standard InChI is InChI=1S/C33H33N7O12/c1-37-24(15-35-32(37)40(48)49)19-50-27-11-4-21(18-51-33(45)52-25-9-7-23(8-10-25)39(46)47)14-26(27)36-28(41)16-34-31(44)22-5-2-20(3-6-22)17-38-29(42)12-13-30(38)43/h4,7-15,20,22H,2-3,5-6,16-19H2,1H3,(H,34,44)(H,36,41). The zero-order valence-electron chi connectivity index (χ0n) is 27.7. The molecule has 4 amide bonds. The van der Waals surface area contributed by atoms with Crippen LogP contribution in [0.15, 0.2) is 60.8 Å². The Labute approximate surface area is 294 Å². The van der Waals surface area contributed by atoms with Crippen LogP contribution in [0.25, 0.3) is 0 Å². The van der Waals surface area contributed by atoms with Crippen molar-refractivity contribution >= 4 is 47.1 Å². The first-order chi connectivity index (χ1) is 24.9. The van der Waals surface area contributed by atoms with Gasteiger partial charge in [-0.25, -0.2) is 9.36 Å². The first-order valence-corrected chi connectivity index (χ1v) is 16.0. The lowest BCUT2D eigenvalue weighted by Gasteiger charge is -2.29. The summed E-state index contributed by atoms with van der Waals surface area (Å²) in [4.78, 5) is 87.7. The second-order valence-corrected chi connectivity index (χ2v) is 12.0. The predicted molar refractivity (Wildman–Crippen MR) is 177 cm³/mol. The molecule has 5 rings (SSSR count). The molecule has 2 aliphatic rings. The van der Waals surface area contributed by atoms with E-state index in [1.54, 1.807) is 6.07 Å². The quantitative estimate of drug-likeness (QED) is 0.0799. The highest BCUT2D eigenvalue weighted by molar-refractivity contribution is 6.12. The van der Waals surface area contributed by atoms with Gasteiger partial charge in [0.1, 0.15) is 30.9 Å². The van der Waals surface area contributed by atoms with Crippen molar-refractivity contribution in [2.24, 2.45) is 18.9 Å². The number of nitro groups is 2. The van der Waals surface area contributed by atoms with Gasteiger partial charge < -0.3 is 35.0 Å². The van der Waals surface area contributed by atoms with Gasteiger partial charge in [-0.1, -0.05) is 11.1 Å². The summed E-state index contributed by atoms with van der Waals surface area (Å²) in [6.45, 7) is -0.544. The Hall–Kier alpha value is -6.66. The minimum atomic E-state index is -1.09. The van der Waals surface area contributed by atoms with Gasteiger partial charge in [-0.05, 0) is 66.4 Å². The molecule has 52 heavy (non-hydrogen) atoms.